The Bertz CT molecular complexity index is 1480. The van der Waals surface area contributed by atoms with E-state index in [1.54, 1.807) is 37.3 Å². The van der Waals surface area contributed by atoms with E-state index in [1.165, 1.54) is 23.1 Å². The average Bonchev–Trinajstić information content (AvgIpc) is 3.38. The fourth-order valence-corrected chi connectivity index (χ4v) is 5.28. The molecule has 1 atom stereocenters. The second-order valence-corrected chi connectivity index (χ2v) is 9.40. The van der Waals surface area contributed by atoms with E-state index in [9.17, 15) is 14.7 Å². The van der Waals surface area contributed by atoms with Crippen LogP contribution in [0.25, 0.3) is 10.6 Å². The first-order valence-corrected chi connectivity index (χ1v) is 11.9. The third-order valence-electron chi connectivity index (χ3n) is 5.78. The lowest BCUT2D eigenvalue weighted by Crippen LogP contribution is -2.31. The van der Waals surface area contributed by atoms with Gasteiger partial charge in [0.25, 0.3) is 5.91 Å². The van der Waals surface area contributed by atoms with Crippen molar-refractivity contribution >= 4 is 40.3 Å². The van der Waals surface area contributed by atoms with Crippen LogP contribution in [0.5, 0.6) is 0 Å². The highest BCUT2D eigenvalue weighted by molar-refractivity contribution is 7.17. The third kappa shape index (κ3) is 4.03. The number of ketones is 1. The number of aliphatic hydroxyl groups is 1. The first-order valence-electron chi connectivity index (χ1n) is 10.7. The number of amides is 1. The first kappa shape index (κ1) is 23.0. The van der Waals surface area contributed by atoms with Gasteiger partial charge in [-0.1, -0.05) is 60.1 Å². The smallest absolute Gasteiger partial charge is 0.294 e. The summed E-state index contributed by atoms with van der Waals surface area (Å²) in [4.78, 5) is 33.1. The predicted octanol–water partition coefficient (Wildman–Crippen LogP) is 6.69. The van der Waals surface area contributed by atoms with Crippen molar-refractivity contribution in [2.75, 3.05) is 4.90 Å². The SMILES string of the molecule is Cc1nc(-c2ccccc2)sc1C(=O)C1=C(O)C(=O)N(c2ccc(Cl)cc2)C1c1ccccc1F. The van der Waals surface area contributed by atoms with Crippen LogP contribution in [0, 0.1) is 12.7 Å². The molecule has 1 aliphatic heterocycles. The zero-order valence-electron chi connectivity index (χ0n) is 18.4. The summed E-state index contributed by atoms with van der Waals surface area (Å²) < 4.78 is 15.0. The Kier molecular flexibility index (Phi) is 5.96. The number of anilines is 1. The minimum atomic E-state index is -1.17. The number of rotatable bonds is 5. The van der Waals surface area contributed by atoms with E-state index >= 15 is 4.39 Å². The molecule has 2 heterocycles. The van der Waals surface area contributed by atoms with Crippen LogP contribution in [-0.4, -0.2) is 21.8 Å². The molecule has 1 aromatic heterocycles. The van der Waals surface area contributed by atoms with Crippen LogP contribution in [0.4, 0.5) is 10.1 Å². The standard InChI is InChI=1S/C27H18ClFN2O3S/c1-15-25(35-26(30-15)16-7-3-2-4-8-16)23(32)21-22(19-9-5-6-10-20(19)29)31(27(34)24(21)33)18-13-11-17(28)12-14-18/h2-14,22,33H,1H3. The van der Waals surface area contributed by atoms with Crippen molar-refractivity contribution in [1.82, 2.24) is 4.98 Å². The number of aromatic nitrogens is 1. The fraction of sp³-hybridized carbons (Fsp3) is 0.0741. The maximum Gasteiger partial charge on any atom is 0.294 e. The Hall–Kier alpha value is -3.81. The minimum absolute atomic E-state index is 0.0913. The summed E-state index contributed by atoms with van der Waals surface area (Å²) in [6.45, 7) is 1.69. The number of carbonyl (C=O) groups is 2. The molecule has 1 amide bonds. The Labute approximate surface area is 209 Å². The summed E-state index contributed by atoms with van der Waals surface area (Å²) in [5.41, 5.74) is 1.57. The molecule has 0 spiro atoms. The van der Waals surface area contributed by atoms with Crippen molar-refractivity contribution in [3.63, 3.8) is 0 Å². The number of nitrogens with zero attached hydrogens (tertiary/aromatic N) is 2. The summed E-state index contributed by atoms with van der Waals surface area (Å²) in [6.07, 6.45) is 0. The highest BCUT2D eigenvalue weighted by Crippen LogP contribution is 2.44. The summed E-state index contributed by atoms with van der Waals surface area (Å²) >= 11 is 7.17. The second kappa shape index (κ2) is 9.09. The Morgan fingerprint density at radius 2 is 1.69 bits per heavy atom. The molecule has 0 fully saturated rings. The number of aliphatic hydroxyl groups excluding tert-OH is 1. The average molecular weight is 505 g/mol. The van der Waals surface area contributed by atoms with Crippen LogP contribution < -0.4 is 4.90 Å². The predicted molar refractivity (Wildman–Crippen MR) is 134 cm³/mol. The van der Waals surface area contributed by atoms with Gasteiger partial charge in [-0.05, 0) is 37.3 Å². The Balaban J connectivity index is 1.65. The molecule has 4 aromatic rings. The Morgan fingerprint density at radius 1 is 1.03 bits per heavy atom. The molecule has 1 N–H and O–H groups in total. The molecule has 8 heteroatoms. The summed E-state index contributed by atoms with van der Waals surface area (Å²) in [6, 6.07) is 20.4. The maximum atomic E-state index is 15.0. The van der Waals surface area contributed by atoms with Crippen LogP contribution in [0.1, 0.15) is 27.0 Å². The number of Topliss-reactive ketones (excluding diaryl/α,β-unsaturated/α-hetero) is 1. The third-order valence-corrected chi connectivity index (χ3v) is 7.24. The van der Waals surface area contributed by atoms with E-state index in [0.717, 1.165) is 16.9 Å². The molecule has 0 radical (unpaired) electrons. The summed E-state index contributed by atoms with van der Waals surface area (Å²) in [5, 5.41) is 12.0. The molecule has 35 heavy (non-hydrogen) atoms. The molecule has 0 saturated carbocycles. The first-order chi connectivity index (χ1) is 16.9. The molecule has 3 aromatic carbocycles. The van der Waals surface area contributed by atoms with Gasteiger partial charge in [0.15, 0.2) is 5.76 Å². The lowest BCUT2D eigenvalue weighted by molar-refractivity contribution is -0.117. The Morgan fingerprint density at radius 3 is 2.37 bits per heavy atom. The molecule has 0 saturated heterocycles. The van der Waals surface area contributed by atoms with Crippen molar-refractivity contribution in [3.8, 4) is 10.6 Å². The maximum absolute atomic E-state index is 15.0. The van der Waals surface area contributed by atoms with E-state index in [4.69, 9.17) is 11.6 Å². The number of carbonyl (C=O) groups excluding carboxylic acids is 2. The number of aryl methyl sites for hydroxylation is 1. The molecular weight excluding hydrogens is 487 g/mol. The lowest BCUT2D eigenvalue weighted by Gasteiger charge is -2.27. The number of hydrogen-bond acceptors (Lipinski definition) is 5. The molecule has 5 nitrogen and oxygen atoms in total. The molecule has 174 valence electrons. The molecule has 0 aliphatic carbocycles. The van der Waals surface area contributed by atoms with Crippen LogP contribution in [-0.2, 0) is 4.79 Å². The van der Waals surface area contributed by atoms with Gasteiger partial charge in [-0.2, -0.15) is 0 Å². The summed E-state index contributed by atoms with van der Waals surface area (Å²) in [5.74, 6) is -2.69. The van der Waals surface area contributed by atoms with Gasteiger partial charge in [0, 0.05) is 21.8 Å². The fourth-order valence-electron chi connectivity index (χ4n) is 4.13. The van der Waals surface area contributed by atoms with Crippen LogP contribution >= 0.6 is 22.9 Å². The topological polar surface area (TPSA) is 70.5 Å². The van der Waals surface area contributed by atoms with Crippen LogP contribution in [0.2, 0.25) is 5.02 Å². The molecule has 0 bridgehead atoms. The zero-order valence-corrected chi connectivity index (χ0v) is 20.0. The van der Waals surface area contributed by atoms with E-state index in [2.05, 4.69) is 4.98 Å². The van der Waals surface area contributed by atoms with Gasteiger partial charge in [0.1, 0.15) is 10.8 Å². The molecule has 1 unspecified atom stereocenters. The minimum Gasteiger partial charge on any atom is -0.503 e. The number of hydrogen-bond donors (Lipinski definition) is 1. The molecular formula is C27H18ClFN2O3S. The highest BCUT2D eigenvalue weighted by Gasteiger charge is 2.46. The van der Waals surface area contributed by atoms with Gasteiger partial charge in [-0.25, -0.2) is 9.37 Å². The van der Waals surface area contributed by atoms with E-state index in [0.29, 0.717) is 21.4 Å². The van der Waals surface area contributed by atoms with Gasteiger partial charge in [-0.15, -0.1) is 11.3 Å². The van der Waals surface area contributed by atoms with E-state index in [-0.39, 0.29) is 16.0 Å². The zero-order chi connectivity index (χ0) is 24.7. The van der Waals surface area contributed by atoms with Gasteiger partial charge < -0.3 is 5.11 Å². The van der Waals surface area contributed by atoms with Gasteiger partial charge in [0.2, 0.25) is 5.78 Å². The van der Waals surface area contributed by atoms with Gasteiger partial charge >= 0.3 is 0 Å². The number of halogens is 2. The summed E-state index contributed by atoms with van der Waals surface area (Å²) in [7, 11) is 0. The van der Waals surface area contributed by atoms with Gasteiger partial charge in [-0.3, -0.25) is 14.5 Å². The molecule has 5 rings (SSSR count). The second-order valence-electron chi connectivity index (χ2n) is 7.97. The van der Waals surface area contributed by atoms with Crippen molar-refractivity contribution in [3.05, 3.63) is 117 Å². The highest BCUT2D eigenvalue weighted by atomic mass is 35.5. The van der Waals surface area contributed by atoms with Crippen molar-refractivity contribution < 1.29 is 19.1 Å². The number of thiazole rings is 1. The van der Waals surface area contributed by atoms with Gasteiger partial charge in [0.05, 0.1) is 22.2 Å². The largest absolute Gasteiger partial charge is 0.503 e. The quantitative estimate of drug-likeness (QED) is 0.307. The molecule has 1 aliphatic rings. The van der Waals surface area contributed by atoms with Crippen molar-refractivity contribution in [2.24, 2.45) is 0 Å². The van der Waals surface area contributed by atoms with E-state index < -0.39 is 29.3 Å². The van der Waals surface area contributed by atoms with Crippen molar-refractivity contribution in [2.45, 2.75) is 13.0 Å². The van der Waals surface area contributed by atoms with Crippen LogP contribution in [0.3, 0.4) is 0 Å². The van der Waals surface area contributed by atoms with Crippen molar-refractivity contribution in [1.29, 1.82) is 0 Å². The number of benzene rings is 3. The van der Waals surface area contributed by atoms with Crippen LogP contribution in [0.15, 0.2) is 90.2 Å². The normalized spacial score (nSPS) is 15.7. The monoisotopic (exact) mass is 504 g/mol. The lowest BCUT2D eigenvalue weighted by atomic mass is 9.94. The van der Waals surface area contributed by atoms with E-state index in [1.807, 2.05) is 30.3 Å².